The zero-order valence-electron chi connectivity index (χ0n) is 23.6. The molecule has 1 unspecified atom stereocenters. The fraction of sp³-hybridized carbons (Fsp3) is 0.536. The van der Waals surface area contributed by atoms with Gasteiger partial charge in [0.1, 0.15) is 0 Å². The van der Waals surface area contributed by atoms with E-state index in [0.29, 0.717) is 17.7 Å². The number of aliphatic hydroxyl groups is 1. The lowest BCUT2D eigenvalue weighted by Crippen LogP contribution is -2.47. The third-order valence-electron chi connectivity index (χ3n) is 7.63. The molecule has 1 aliphatic carbocycles. The van der Waals surface area contributed by atoms with E-state index < -0.39 is 53.4 Å². The predicted octanol–water partition coefficient (Wildman–Crippen LogP) is 6.60. The highest BCUT2D eigenvalue weighted by molar-refractivity contribution is 5.80. The number of hydrazine groups is 2. The van der Waals surface area contributed by atoms with Gasteiger partial charge in [-0.3, -0.25) is 5.43 Å². The van der Waals surface area contributed by atoms with E-state index in [-0.39, 0.29) is 43.2 Å². The number of hydrogen-bond donors (Lipinski definition) is 3. The Hall–Kier alpha value is -3.24. The molecule has 1 atom stereocenters. The van der Waals surface area contributed by atoms with Crippen molar-refractivity contribution in [1.82, 2.24) is 21.0 Å². The van der Waals surface area contributed by atoms with E-state index in [9.17, 15) is 44.6 Å². The van der Waals surface area contributed by atoms with E-state index in [1.807, 2.05) is 0 Å². The monoisotopic (exact) mass is 641 g/mol. The largest absolute Gasteiger partial charge is 0.416 e. The summed E-state index contributed by atoms with van der Waals surface area (Å²) in [5.74, 6) is -0.0985. The number of guanidine groups is 1. The smallest absolute Gasteiger partial charge is 0.395 e. The van der Waals surface area contributed by atoms with Gasteiger partial charge in [0.05, 0.1) is 35.9 Å². The molecule has 2 aliphatic rings. The molecule has 2 aromatic carbocycles. The molecule has 0 spiro atoms. The van der Waals surface area contributed by atoms with Gasteiger partial charge in [0.15, 0.2) is 0 Å². The van der Waals surface area contributed by atoms with E-state index in [1.165, 1.54) is 23.2 Å². The lowest BCUT2D eigenvalue weighted by molar-refractivity contribution is -0.143. The van der Waals surface area contributed by atoms with E-state index in [4.69, 9.17) is 4.74 Å². The minimum atomic E-state index is -5.09. The van der Waals surface area contributed by atoms with Crippen molar-refractivity contribution in [3.63, 3.8) is 0 Å². The molecule has 7 nitrogen and oxygen atoms in total. The van der Waals surface area contributed by atoms with Gasteiger partial charge in [-0.25, -0.2) is 5.53 Å². The first kappa shape index (κ1) is 33.6. The Morgan fingerprint density at radius 1 is 0.886 bits per heavy atom. The van der Waals surface area contributed by atoms with E-state index >= 15 is 0 Å². The second kappa shape index (κ2) is 13.4. The summed E-state index contributed by atoms with van der Waals surface area (Å²) in [7, 11) is 1.44. The summed E-state index contributed by atoms with van der Waals surface area (Å²) >= 11 is 0. The van der Waals surface area contributed by atoms with Gasteiger partial charge in [0, 0.05) is 20.2 Å². The van der Waals surface area contributed by atoms with Crippen LogP contribution < -0.4 is 11.0 Å². The van der Waals surface area contributed by atoms with Crippen molar-refractivity contribution in [1.29, 1.82) is 0 Å². The van der Waals surface area contributed by atoms with Gasteiger partial charge in [-0.05, 0) is 65.8 Å². The number of β-amino-alcohol motifs (C(OH)–C–C–N with tert-alkyl or cyclic N) is 1. The maximum atomic E-state index is 13.8. The number of nitrogens with one attached hydrogen (secondary N) is 2. The normalized spacial score (nSPS) is 17.7. The molecule has 1 aliphatic heterocycles. The van der Waals surface area contributed by atoms with Gasteiger partial charge in [-0.15, -0.1) is 10.2 Å². The first-order chi connectivity index (χ1) is 20.6. The van der Waals surface area contributed by atoms with Crippen molar-refractivity contribution in [2.75, 3.05) is 20.3 Å². The predicted molar refractivity (Wildman–Crippen MR) is 141 cm³/mol. The number of nitrogens with zero attached hydrogens (tertiary/aromatic N) is 3. The van der Waals surface area contributed by atoms with Crippen LogP contribution in [-0.4, -0.2) is 41.3 Å². The molecule has 2 aromatic rings. The lowest BCUT2D eigenvalue weighted by atomic mass is 9.81. The van der Waals surface area contributed by atoms with Gasteiger partial charge in [-0.1, -0.05) is 25.3 Å². The molecule has 0 saturated heterocycles. The Morgan fingerprint density at radius 2 is 1.50 bits per heavy atom. The number of ether oxygens (including phenoxy) is 1. The Labute approximate surface area is 247 Å². The maximum Gasteiger partial charge on any atom is 0.416 e. The molecule has 1 saturated carbocycles. The molecule has 44 heavy (non-hydrogen) atoms. The topological polar surface area (TPSA) is 72.4 Å². The summed E-state index contributed by atoms with van der Waals surface area (Å²) in [5.41, 5.74) is 1.35. The first-order valence-electron chi connectivity index (χ1n) is 13.8. The molecule has 244 valence electrons. The zero-order chi connectivity index (χ0) is 32.3. The standard InChI is InChI=1S/C28H32F9N5O2/c1-44-24(18-5-3-2-4-6-18)23-8-7-20(26(29,30)31)13-19(23)16-41(25-38-40-42(39-25)9-10-43)15-17-11-21(27(32,33)34)14-22(12-17)28(35,36)37/h7-8,11-14,18,24,40,43H,2-6,9-10,15-16H2,1H3,(H,38,39). The van der Waals surface area contributed by atoms with Crippen molar-refractivity contribution < 1.29 is 49.4 Å². The van der Waals surface area contributed by atoms with E-state index in [0.717, 1.165) is 44.2 Å². The minimum absolute atomic E-state index is 0.000781. The van der Waals surface area contributed by atoms with Crippen molar-refractivity contribution in [3.8, 4) is 0 Å². The highest BCUT2D eigenvalue weighted by atomic mass is 19.4. The van der Waals surface area contributed by atoms with Gasteiger partial charge >= 0.3 is 18.5 Å². The fourth-order valence-corrected chi connectivity index (χ4v) is 5.57. The van der Waals surface area contributed by atoms with Crippen LogP contribution in [0, 0.1) is 5.92 Å². The molecule has 0 bridgehead atoms. The van der Waals surface area contributed by atoms with Crippen LogP contribution in [0.1, 0.15) is 71.6 Å². The highest BCUT2D eigenvalue weighted by Crippen LogP contribution is 2.41. The Morgan fingerprint density at radius 3 is 2.05 bits per heavy atom. The SMILES string of the molecule is COC(c1ccc(C(F)(F)F)cc1CN(Cc1cc(C(F)(F)F)cc(C(F)(F)F)c1)C1=NNN(CCO)N1)C1CCCCC1. The molecule has 1 fully saturated rings. The second-order valence-electron chi connectivity index (χ2n) is 10.8. The van der Waals surface area contributed by atoms with Gasteiger partial charge in [0.25, 0.3) is 0 Å². The molecule has 4 rings (SSSR count). The summed E-state index contributed by atoms with van der Waals surface area (Å²) in [4.78, 5) is 1.23. The first-order valence-corrected chi connectivity index (χ1v) is 13.8. The summed E-state index contributed by atoms with van der Waals surface area (Å²) in [6.07, 6.45) is -11.1. The van der Waals surface area contributed by atoms with Crippen LogP contribution >= 0.6 is 0 Å². The van der Waals surface area contributed by atoms with Crippen LogP contribution in [0.15, 0.2) is 41.5 Å². The lowest BCUT2D eigenvalue weighted by Gasteiger charge is -2.33. The van der Waals surface area contributed by atoms with Crippen LogP contribution in [0.25, 0.3) is 0 Å². The quantitative estimate of drug-likeness (QED) is 0.268. The zero-order valence-corrected chi connectivity index (χ0v) is 23.6. The number of rotatable bonds is 9. The third-order valence-corrected chi connectivity index (χ3v) is 7.63. The average molecular weight is 642 g/mol. The van der Waals surface area contributed by atoms with E-state index in [2.05, 4.69) is 16.1 Å². The minimum Gasteiger partial charge on any atom is -0.395 e. The van der Waals surface area contributed by atoms with E-state index in [1.54, 1.807) is 0 Å². The molecule has 0 aromatic heterocycles. The van der Waals surface area contributed by atoms with Crippen molar-refractivity contribution in [2.24, 2.45) is 11.0 Å². The Bertz CT molecular complexity index is 1280. The van der Waals surface area contributed by atoms with Crippen LogP contribution in [0.5, 0.6) is 0 Å². The molecule has 0 amide bonds. The van der Waals surface area contributed by atoms with Crippen molar-refractivity contribution in [3.05, 3.63) is 69.8 Å². The van der Waals surface area contributed by atoms with Gasteiger partial charge in [-0.2, -0.15) is 39.5 Å². The number of alkyl halides is 9. The van der Waals surface area contributed by atoms with Crippen molar-refractivity contribution >= 4 is 5.96 Å². The number of methoxy groups -OCH3 is 1. The molecular weight excluding hydrogens is 609 g/mol. The second-order valence-corrected chi connectivity index (χ2v) is 10.8. The number of halogens is 9. The summed E-state index contributed by atoms with van der Waals surface area (Å²) in [6.45, 7) is -1.35. The van der Waals surface area contributed by atoms with Crippen molar-refractivity contribution in [2.45, 2.75) is 69.8 Å². The summed E-state index contributed by atoms with van der Waals surface area (Å²) < 4.78 is 129. The summed E-state index contributed by atoms with van der Waals surface area (Å²) in [6, 6.07) is 4.27. The van der Waals surface area contributed by atoms with Gasteiger partial charge < -0.3 is 14.7 Å². The molecule has 3 N–H and O–H groups in total. The van der Waals surface area contributed by atoms with Crippen LogP contribution in [0.3, 0.4) is 0 Å². The highest BCUT2D eigenvalue weighted by Gasteiger charge is 2.38. The Kier molecular flexibility index (Phi) is 10.2. The number of benzene rings is 2. The molecule has 1 heterocycles. The average Bonchev–Trinajstić information content (AvgIpc) is 3.41. The van der Waals surface area contributed by atoms with Crippen LogP contribution in [0.2, 0.25) is 0 Å². The molecular formula is C28H32F9N5O2. The van der Waals surface area contributed by atoms with Gasteiger partial charge in [0.2, 0.25) is 5.96 Å². The maximum absolute atomic E-state index is 13.8. The number of hydrazone groups is 1. The molecule has 16 heteroatoms. The number of aliphatic hydroxyl groups excluding tert-OH is 1. The summed E-state index contributed by atoms with van der Waals surface area (Å²) in [5, 5.41) is 14.5. The Balaban J connectivity index is 1.79. The fourth-order valence-electron chi connectivity index (χ4n) is 5.57. The molecule has 0 radical (unpaired) electrons. The third kappa shape index (κ3) is 8.27. The van der Waals surface area contributed by atoms with Crippen LogP contribution in [0.4, 0.5) is 39.5 Å². The number of hydrogen-bond acceptors (Lipinski definition) is 7. The van der Waals surface area contributed by atoms with Crippen LogP contribution in [-0.2, 0) is 36.4 Å².